The van der Waals surface area contributed by atoms with Gasteiger partial charge in [0.1, 0.15) is 46.9 Å². The average Bonchev–Trinajstić information content (AvgIpc) is 1.39. The molecular formula is C70H87FN12O9S. The van der Waals surface area contributed by atoms with Gasteiger partial charge in [0.25, 0.3) is 0 Å². The van der Waals surface area contributed by atoms with E-state index >= 15 is 4.39 Å². The van der Waals surface area contributed by atoms with Crippen molar-refractivity contribution in [2.45, 2.75) is 160 Å². The number of ether oxygens (including phenoxy) is 4. The molecule has 10 heterocycles. The van der Waals surface area contributed by atoms with Crippen LogP contribution in [0.25, 0.3) is 43.4 Å². The van der Waals surface area contributed by atoms with E-state index in [0.717, 1.165) is 122 Å². The van der Waals surface area contributed by atoms with Gasteiger partial charge in [-0.25, -0.2) is 14.2 Å². The highest BCUT2D eigenvalue weighted by molar-refractivity contribution is 7.13. The Kier molecular flexibility index (Phi) is 18.2. The third-order valence-corrected chi connectivity index (χ3v) is 21.1. The Morgan fingerprint density at radius 2 is 1.69 bits per heavy atom. The Bertz CT molecular complexity index is 3880. The number of piperazine rings is 2. The van der Waals surface area contributed by atoms with Gasteiger partial charge < -0.3 is 48.6 Å². The number of carbonyl (C=O) groups excluding carboxylic acids is 3. The molecule has 6 fully saturated rings. The van der Waals surface area contributed by atoms with Crippen molar-refractivity contribution in [1.29, 1.82) is 0 Å². The van der Waals surface area contributed by atoms with Crippen LogP contribution in [-0.4, -0.2) is 189 Å². The normalized spacial score (nSPS) is 23.3. The van der Waals surface area contributed by atoms with Crippen molar-refractivity contribution in [3.63, 3.8) is 0 Å². The van der Waals surface area contributed by atoms with E-state index in [1.165, 1.54) is 4.90 Å². The van der Waals surface area contributed by atoms with Crippen molar-refractivity contribution in [3.05, 3.63) is 101 Å². The van der Waals surface area contributed by atoms with Gasteiger partial charge in [-0.15, -0.1) is 11.3 Å². The summed E-state index contributed by atoms with van der Waals surface area (Å²) in [6.07, 6.45) is 6.91. The number of pyridine rings is 1. The number of anilines is 2. The molecule has 23 heteroatoms. The minimum Gasteiger partial charge on any atom is -0.468 e. The highest BCUT2D eigenvalue weighted by Crippen LogP contribution is 2.45. The number of amides is 3. The maximum absolute atomic E-state index is 17.9. The first-order chi connectivity index (χ1) is 44.8. The molecule has 2 N–H and O–H groups in total. The van der Waals surface area contributed by atoms with Crippen LogP contribution in [-0.2, 0) is 25.5 Å². The predicted molar refractivity (Wildman–Crippen MR) is 354 cm³/mol. The number of nitrogens with one attached hydrogen (secondary N) is 1. The number of hydrogen-bond donors (Lipinski definition) is 2. The van der Waals surface area contributed by atoms with Crippen LogP contribution in [0, 0.1) is 18.7 Å². The number of fused-ring (bicyclic) bond motifs is 5. The fourth-order valence-corrected chi connectivity index (χ4v) is 16.3. The van der Waals surface area contributed by atoms with E-state index in [9.17, 15) is 19.5 Å². The molecule has 6 aliphatic rings. The van der Waals surface area contributed by atoms with E-state index < -0.39 is 29.5 Å². The van der Waals surface area contributed by atoms with Crippen molar-refractivity contribution in [1.82, 2.24) is 50.0 Å². The van der Waals surface area contributed by atoms with Gasteiger partial charge in [0.15, 0.2) is 24.2 Å². The van der Waals surface area contributed by atoms with Gasteiger partial charge in [-0.2, -0.15) is 9.97 Å². The van der Waals surface area contributed by atoms with Crippen molar-refractivity contribution in [2.24, 2.45) is 5.92 Å². The SMILES string of the molecule is CCc1cccc2cc(OCOC)cc(-c3ncc4c(N5CC6CCC(C5)N6C(=O)OC(C)(C)C)nc(OC[C@@]56CCCN5[C@H](CN5CCN(c7cc([C@H](C(=O)N8C[C@H](O)C[C@H]8C(=O)N[C@@H](C)c8ccc(-c9scnc9C)cc8)C(C)C)on7)CC5)CC6)nc4c3F)c12. The first-order valence-corrected chi connectivity index (χ1v) is 34.1. The number of likely N-dealkylation sites (tertiary alicyclic amines) is 1. The minimum atomic E-state index is -0.842. The molecule has 4 aromatic heterocycles. The van der Waals surface area contributed by atoms with E-state index in [1.54, 1.807) is 24.6 Å². The zero-order chi connectivity index (χ0) is 65.0. The van der Waals surface area contributed by atoms with E-state index in [4.69, 9.17) is 38.4 Å². The molecule has 0 radical (unpaired) electrons. The lowest BCUT2D eigenvalue weighted by Crippen LogP contribution is -2.57. The number of benzene rings is 3. The van der Waals surface area contributed by atoms with Crippen molar-refractivity contribution >= 4 is 62.6 Å². The number of aliphatic hydroxyl groups excluding tert-OH is 1. The number of halogens is 1. The van der Waals surface area contributed by atoms with Crippen LogP contribution in [0.5, 0.6) is 11.8 Å². The van der Waals surface area contributed by atoms with Gasteiger partial charge in [-0.05, 0) is 132 Å². The first-order valence-electron chi connectivity index (χ1n) is 33.2. The Morgan fingerprint density at radius 3 is 2.40 bits per heavy atom. The van der Waals surface area contributed by atoms with Crippen molar-refractivity contribution in [3.8, 4) is 33.5 Å². The van der Waals surface area contributed by atoms with Crippen molar-refractivity contribution in [2.75, 3.05) is 89.2 Å². The Morgan fingerprint density at radius 1 is 0.914 bits per heavy atom. The fourth-order valence-electron chi connectivity index (χ4n) is 15.5. The lowest BCUT2D eigenvalue weighted by atomic mass is 9.91. The summed E-state index contributed by atoms with van der Waals surface area (Å²) in [7, 11) is 1.56. The third kappa shape index (κ3) is 12.8. The number of aryl methyl sites for hydroxylation is 2. The summed E-state index contributed by atoms with van der Waals surface area (Å²) >= 11 is 1.59. The van der Waals surface area contributed by atoms with Crippen LogP contribution in [0.15, 0.2) is 76.9 Å². The highest BCUT2D eigenvalue weighted by Gasteiger charge is 2.51. The summed E-state index contributed by atoms with van der Waals surface area (Å²) in [5, 5.41) is 20.8. The minimum absolute atomic E-state index is 0.0223. The number of methoxy groups -OCH3 is 1. The molecule has 494 valence electrons. The van der Waals surface area contributed by atoms with Gasteiger partial charge in [0, 0.05) is 89.8 Å². The molecule has 3 amide bonds. The number of rotatable bonds is 19. The number of hydrogen-bond acceptors (Lipinski definition) is 19. The van der Waals surface area contributed by atoms with Gasteiger partial charge in [0.2, 0.25) is 11.8 Å². The third-order valence-electron chi connectivity index (χ3n) is 20.1. The molecule has 2 bridgehead atoms. The van der Waals surface area contributed by atoms with Gasteiger partial charge in [-0.3, -0.25) is 29.3 Å². The summed E-state index contributed by atoms with van der Waals surface area (Å²) in [5.41, 5.74) is 5.79. The monoisotopic (exact) mass is 1290 g/mol. The Labute approximate surface area is 546 Å². The van der Waals surface area contributed by atoms with E-state index in [0.29, 0.717) is 59.8 Å². The number of aliphatic hydroxyl groups is 1. The zero-order valence-electron chi connectivity index (χ0n) is 54.9. The molecule has 7 aromatic rings. The Hall–Kier alpha value is -7.57. The molecule has 0 saturated carbocycles. The molecule has 0 spiro atoms. The average molecular weight is 1290 g/mol. The number of thiazole rings is 1. The molecule has 3 aromatic carbocycles. The van der Waals surface area contributed by atoms with Crippen molar-refractivity contribution < 1.29 is 47.4 Å². The van der Waals surface area contributed by atoms with Gasteiger partial charge in [-0.1, -0.05) is 68.4 Å². The standard InChI is InChI=1S/C70H87FN12O9S/c1-10-44-13-11-14-47-29-52(90-40-88-9)31-53(59(44)47)61-60(71)62-54(33-72-61)64(80-35-49-19-20-50(36-80)83(49)68(87)91-69(6,7)8)76-67(75-62)89-38-70-22-12-24-82(70)48(21-23-70)34-78-25-27-79(28-26-78)57-32-56(92-77-57)58(41(2)3)66(86)81-37-51(84)30-55(81)65(85)74-42(4)45-15-17-46(18-16-45)63-43(5)73-39-93-63/h11,13-18,29,31-33,39,41-42,48-51,55,58,84H,10,12,19-28,30,34-38,40H2,1-9H3,(H,74,85)/t42-,48-,49?,50?,51+,55-,58+,70-/m0/s1. The van der Waals surface area contributed by atoms with E-state index in [-0.39, 0.29) is 84.5 Å². The number of aromatic nitrogens is 5. The maximum atomic E-state index is 17.9. The summed E-state index contributed by atoms with van der Waals surface area (Å²) in [4.78, 5) is 75.6. The highest BCUT2D eigenvalue weighted by atomic mass is 32.1. The topological polar surface area (TPSA) is 217 Å². The molecule has 2 unspecified atom stereocenters. The van der Waals surface area contributed by atoms with Crippen LogP contribution in [0.4, 0.5) is 20.8 Å². The molecule has 21 nitrogen and oxygen atoms in total. The molecule has 8 atom stereocenters. The molecule has 93 heavy (non-hydrogen) atoms. The smallest absolute Gasteiger partial charge is 0.410 e. The lowest BCUT2D eigenvalue weighted by molar-refractivity contribution is -0.141. The molecule has 0 aliphatic carbocycles. The van der Waals surface area contributed by atoms with Gasteiger partial charge in [0.05, 0.1) is 51.2 Å². The quantitative estimate of drug-likeness (QED) is 0.0720. The molecule has 6 aliphatic heterocycles. The largest absolute Gasteiger partial charge is 0.468 e. The second kappa shape index (κ2) is 26.3. The first kappa shape index (κ1) is 64.2. The van der Waals surface area contributed by atoms with Crippen LogP contribution in [0.2, 0.25) is 0 Å². The number of carbonyl (C=O) groups is 3. The van der Waals surface area contributed by atoms with E-state index in [2.05, 4.69) is 48.0 Å². The van der Waals surface area contributed by atoms with E-state index in [1.807, 2.05) is 113 Å². The predicted octanol–water partition coefficient (Wildman–Crippen LogP) is 10.3. The van der Waals surface area contributed by atoms with Gasteiger partial charge >= 0.3 is 12.1 Å². The van der Waals surface area contributed by atoms with Crippen LogP contribution >= 0.6 is 11.3 Å². The number of nitrogens with zero attached hydrogens (tertiary/aromatic N) is 11. The summed E-state index contributed by atoms with van der Waals surface area (Å²) in [6, 6.07) is 18.7. The van der Waals surface area contributed by atoms with Crippen LogP contribution in [0.1, 0.15) is 128 Å². The molecular weight excluding hydrogens is 1200 g/mol. The number of β-amino-alcohol motifs (C(OH)–C–C–N with tert-alkyl or cyclic N) is 1. The second-order valence-corrected chi connectivity index (χ2v) is 28.6. The summed E-state index contributed by atoms with van der Waals surface area (Å²) in [6.45, 7) is 21.8. The lowest BCUT2D eigenvalue weighted by Gasteiger charge is -2.42. The van der Waals surface area contributed by atoms with Crippen LogP contribution < -0.4 is 24.6 Å². The second-order valence-electron chi connectivity index (χ2n) is 27.7. The Balaban J connectivity index is 0.682. The summed E-state index contributed by atoms with van der Waals surface area (Å²) < 4.78 is 47.9. The zero-order valence-corrected chi connectivity index (χ0v) is 55.7. The molecule has 6 saturated heterocycles. The summed E-state index contributed by atoms with van der Waals surface area (Å²) in [5.74, 6) is 0.0921. The molecule has 13 rings (SSSR count). The maximum Gasteiger partial charge on any atom is 0.410 e. The van der Waals surface area contributed by atoms with Crippen LogP contribution in [0.3, 0.4) is 0 Å². The fraction of sp³-hybridized carbons (Fsp3) is 0.543.